The summed E-state index contributed by atoms with van der Waals surface area (Å²) >= 11 is 0. The average molecular weight is 293 g/mol. The van der Waals surface area contributed by atoms with E-state index in [-0.39, 0.29) is 5.60 Å². The van der Waals surface area contributed by atoms with Gasteiger partial charge in [0.2, 0.25) is 0 Å². The third kappa shape index (κ3) is 3.82. The van der Waals surface area contributed by atoms with Crippen molar-refractivity contribution in [3.05, 3.63) is 0 Å². The van der Waals surface area contributed by atoms with Gasteiger partial charge in [0.05, 0.1) is 5.60 Å². The quantitative estimate of drug-likeness (QED) is 0.781. The standard InChI is InChI=1S/C19H35NO/c21-19(17-10-5-6-11-17)13-7-3-4-12-18(19)16-20-14-8-1-2-9-15-20/h17-18,21H,1-16H2. The van der Waals surface area contributed by atoms with Crippen LogP contribution in [0.3, 0.4) is 0 Å². The first kappa shape index (κ1) is 15.8. The van der Waals surface area contributed by atoms with Crippen LogP contribution in [0.15, 0.2) is 0 Å². The molecule has 3 fully saturated rings. The van der Waals surface area contributed by atoms with Crippen LogP contribution in [-0.2, 0) is 0 Å². The van der Waals surface area contributed by atoms with Gasteiger partial charge in [0, 0.05) is 12.5 Å². The maximum absolute atomic E-state index is 11.6. The summed E-state index contributed by atoms with van der Waals surface area (Å²) in [6.07, 6.45) is 17.1. The molecular formula is C19H35NO. The van der Waals surface area contributed by atoms with E-state index in [0.29, 0.717) is 11.8 Å². The molecule has 0 radical (unpaired) electrons. The number of rotatable bonds is 3. The molecule has 0 bridgehead atoms. The van der Waals surface area contributed by atoms with Crippen molar-refractivity contribution in [2.75, 3.05) is 19.6 Å². The third-order valence-electron chi connectivity index (χ3n) is 6.58. The lowest BCUT2D eigenvalue weighted by atomic mass is 9.72. The Balaban J connectivity index is 1.68. The molecule has 1 heterocycles. The van der Waals surface area contributed by atoms with Crippen molar-refractivity contribution in [2.24, 2.45) is 11.8 Å². The van der Waals surface area contributed by atoms with E-state index in [4.69, 9.17) is 0 Å². The maximum atomic E-state index is 11.6. The fourth-order valence-corrected chi connectivity index (χ4v) is 5.27. The molecule has 0 spiro atoms. The number of aliphatic hydroxyl groups is 1. The van der Waals surface area contributed by atoms with Gasteiger partial charge in [0.25, 0.3) is 0 Å². The zero-order valence-corrected chi connectivity index (χ0v) is 13.9. The molecule has 1 saturated heterocycles. The molecule has 2 aliphatic carbocycles. The van der Waals surface area contributed by atoms with Crippen molar-refractivity contribution < 1.29 is 5.11 Å². The first-order valence-corrected chi connectivity index (χ1v) is 9.74. The zero-order chi connectivity index (χ0) is 14.5. The van der Waals surface area contributed by atoms with Gasteiger partial charge in [-0.2, -0.15) is 0 Å². The lowest BCUT2D eigenvalue weighted by Gasteiger charge is -2.42. The predicted molar refractivity (Wildman–Crippen MR) is 88.4 cm³/mol. The van der Waals surface area contributed by atoms with E-state index in [1.807, 2.05) is 0 Å². The molecule has 0 aromatic heterocycles. The van der Waals surface area contributed by atoms with Crippen LogP contribution in [0.5, 0.6) is 0 Å². The second kappa shape index (κ2) is 7.46. The molecular weight excluding hydrogens is 258 g/mol. The van der Waals surface area contributed by atoms with Crippen LogP contribution in [0, 0.1) is 11.8 Å². The molecule has 2 heteroatoms. The lowest BCUT2D eigenvalue weighted by molar-refractivity contribution is -0.0821. The van der Waals surface area contributed by atoms with Gasteiger partial charge >= 0.3 is 0 Å². The summed E-state index contributed by atoms with van der Waals surface area (Å²) < 4.78 is 0. The first-order chi connectivity index (χ1) is 10.3. The SMILES string of the molecule is OC1(C2CCCC2)CCCCCC1CN1CCCCCC1. The van der Waals surface area contributed by atoms with E-state index in [1.165, 1.54) is 96.7 Å². The van der Waals surface area contributed by atoms with Gasteiger partial charge in [-0.1, -0.05) is 44.9 Å². The molecule has 0 aromatic rings. The van der Waals surface area contributed by atoms with Crippen LogP contribution in [0.1, 0.15) is 83.5 Å². The Morgan fingerprint density at radius 2 is 1.38 bits per heavy atom. The number of hydrogen-bond acceptors (Lipinski definition) is 2. The van der Waals surface area contributed by atoms with Crippen molar-refractivity contribution in [3.8, 4) is 0 Å². The van der Waals surface area contributed by atoms with E-state index >= 15 is 0 Å². The fraction of sp³-hybridized carbons (Fsp3) is 1.00. The minimum absolute atomic E-state index is 0.334. The Labute approximate surface area is 131 Å². The largest absolute Gasteiger partial charge is 0.389 e. The lowest BCUT2D eigenvalue weighted by Crippen LogP contribution is -2.48. The highest BCUT2D eigenvalue weighted by molar-refractivity contribution is 4.97. The Hall–Kier alpha value is -0.0800. The number of hydrogen-bond donors (Lipinski definition) is 1. The van der Waals surface area contributed by atoms with E-state index in [2.05, 4.69) is 4.90 Å². The highest BCUT2D eigenvalue weighted by Crippen LogP contribution is 2.45. The average Bonchev–Trinajstić information content (AvgIpc) is 2.83. The second-order valence-electron chi connectivity index (χ2n) is 7.98. The van der Waals surface area contributed by atoms with Crippen LogP contribution >= 0.6 is 0 Å². The Morgan fingerprint density at radius 3 is 2.10 bits per heavy atom. The molecule has 2 nitrogen and oxygen atoms in total. The van der Waals surface area contributed by atoms with Crippen LogP contribution in [0.4, 0.5) is 0 Å². The molecule has 3 aliphatic rings. The highest BCUT2D eigenvalue weighted by atomic mass is 16.3. The Morgan fingerprint density at radius 1 is 0.762 bits per heavy atom. The second-order valence-corrected chi connectivity index (χ2v) is 7.98. The molecule has 0 aromatic carbocycles. The minimum Gasteiger partial charge on any atom is -0.389 e. The van der Waals surface area contributed by atoms with E-state index < -0.39 is 0 Å². The first-order valence-electron chi connectivity index (χ1n) is 9.74. The van der Waals surface area contributed by atoms with Crippen LogP contribution in [0.2, 0.25) is 0 Å². The van der Waals surface area contributed by atoms with Crippen molar-refractivity contribution in [1.82, 2.24) is 4.90 Å². The molecule has 1 aliphatic heterocycles. The highest BCUT2D eigenvalue weighted by Gasteiger charge is 2.45. The van der Waals surface area contributed by atoms with Gasteiger partial charge in [-0.05, 0) is 57.5 Å². The van der Waals surface area contributed by atoms with Crippen LogP contribution in [0.25, 0.3) is 0 Å². The summed E-state index contributed by atoms with van der Waals surface area (Å²) in [5.74, 6) is 1.15. The minimum atomic E-state index is -0.334. The normalized spacial score (nSPS) is 37.3. The van der Waals surface area contributed by atoms with Crippen molar-refractivity contribution in [2.45, 2.75) is 89.1 Å². The smallest absolute Gasteiger partial charge is 0.0716 e. The summed E-state index contributed by atoms with van der Waals surface area (Å²) in [4.78, 5) is 2.68. The zero-order valence-electron chi connectivity index (χ0n) is 13.9. The molecule has 0 amide bonds. The molecule has 21 heavy (non-hydrogen) atoms. The third-order valence-corrected chi connectivity index (χ3v) is 6.58. The Bertz CT molecular complexity index is 305. The molecule has 2 unspecified atom stereocenters. The molecule has 122 valence electrons. The monoisotopic (exact) mass is 293 g/mol. The van der Waals surface area contributed by atoms with Crippen molar-refractivity contribution in [1.29, 1.82) is 0 Å². The summed E-state index contributed by atoms with van der Waals surface area (Å²) in [6.45, 7) is 3.72. The number of likely N-dealkylation sites (tertiary alicyclic amines) is 1. The molecule has 3 rings (SSSR count). The van der Waals surface area contributed by atoms with Crippen molar-refractivity contribution in [3.63, 3.8) is 0 Å². The van der Waals surface area contributed by atoms with Crippen molar-refractivity contribution >= 4 is 0 Å². The van der Waals surface area contributed by atoms with Gasteiger partial charge < -0.3 is 10.0 Å². The van der Waals surface area contributed by atoms with Gasteiger partial charge in [-0.3, -0.25) is 0 Å². The predicted octanol–water partition coefficient (Wildman–Crippen LogP) is 4.36. The van der Waals surface area contributed by atoms with Crippen LogP contribution in [-0.4, -0.2) is 35.2 Å². The topological polar surface area (TPSA) is 23.5 Å². The van der Waals surface area contributed by atoms with Gasteiger partial charge in [-0.25, -0.2) is 0 Å². The van der Waals surface area contributed by atoms with Gasteiger partial charge in [0.15, 0.2) is 0 Å². The van der Waals surface area contributed by atoms with E-state index in [9.17, 15) is 5.11 Å². The fourth-order valence-electron chi connectivity index (χ4n) is 5.27. The molecule has 1 N–H and O–H groups in total. The number of nitrogens with zero attached hydrogens (tertiary/aromatic N) is 1. The molecule has 2 saturated carbocycles. The van der Waals surface area contributed by atoms with Gasteiger partial charge in [0.1, 0.15) is 0 Å². The van der Waals surface area contributed by atoms with Gasteiger partial charge in [-0.15, -0.1) is 0 Å². The Kier molecular flexibility index (Phi) is 5.61. The molecule has 2 atom stereocenters. The summed E-state index contributed by atoms with van der Waals surface area (Å²) in [5.41, 5.74) is -0.334. The van der Waals surface area contributed by atoms with E-state index in [1.54, 1.807) is 0 Å². The summed E-state index contributed by atoms with van der Waals surface area (Å²) in [6, 6.07) is 0. The summed E-state index contributed by atoms with van der Waals surface area (Å²) in [5, 5.41) is 11.6. The van der Waals surface area contributed by atoms with E-state index in [0.717, 1.165) is 6.42 Å². The maximum Gasteiger partial charge on any atom is 0.0716 e. The summed E-state index contributed by atoms with van der Waals surface area (Å²) in [7, 11) is 0. The van der Waals surface area contributed by atoms with Crippen LogP contribution < -0.4 is 0 Å².